The molecule has 0 bridgehead atoms. The Labute approximate surface area is 179 Å². The second-order valence-electron chi connectivity index (χ2n) is 6.69. The summed E-state index contributed by atoms with van der Waals surface area (Å²) in [6.07, 6.45) is 0.756. The molecule has 31 heavy (non-hydrogen) atoms. The van der Waals surface area contributed by atoms with E-state index in [-0.39, 0.29) is 42.1 Å². The van der Waals surface area contributed by atoms with Crippen LogP contribution in [-0.2, 0) is 16.0 Å². The van der Waals surface area contributed by atoms with Gasteiger partial charge in [-0.25, -0.2) is 9.97 Å². The number of rotatable bonds is 9. The minimum Gasteiger partial charge on any atom is -0.490 e. The highest BCUT2D eigenvalue weighted by atomic mass is 16.6. The summed E-state index contributed by atoms with van der Waals surface area (Å²) in [6, 6.07) is 11.7. The fraction of sp³-hybridized carbons (Fsp3) is 0.318. The first kappa shape index (κ1) is 21.9. The van der Waals surface area contributed by atoms with Crippen molar-refractivity contribution in [2.45, 2.75) is 26.7 Å². The molecule has 0 radical (unpaired) electrons. The van der Waals surface area contributed by atoms with Gasteiger partial charge in [-0.3, -0.25) is 14.9 Å². The maximum atomic E-state index is 12.3. The Morgan fingerprint density at radius 1 is 1.06 bits per heavy atom. The smallest absolute Gasteiger partial charge is 0.353 e. The number of nitro benzene ring substituents is 1. The van der Waals surface area contributed by atoms with E-state index in [9.17, 15) is 14.9 Å². The van der Waals surface area contributed by atoms with Crippen LogP contribution in [0.2, 0.25) is 0 Å². The van der Waals surface area contributed by atoms with Crippen molar-refractivity contribution in [2.75, 3.05) is 13.7 Å². The fourth-order valence-corrected chi connectivity index (χ4v) is 3.16. The lowest BCUT2D eigenvalue weighted by Crippen LogP contribution is -2.20. The van der Waals surface area contributed by atoms with Crippen LogP contribution in [0.1, 0.15) is 26.0 Å². The standard InChI is InChI=1S/C22H23N3O6/c1-4-14(22(26)30-5-2)13-17-21(24-16-10-7-6-9-15(16)23-17)31-19-12-8-11-18(29-3)20(19)25(27)28/h6-12,14H,4-5,13H2,1-3H3. The third-order valence-corrected chi connectivity index (χ3v) is 4.73. The lowest BCUT2D eigenvalue weighted by molar-refractivity contribution is -0.386. The summed E-state index contributed by atoms with van der Waals surface area (Å²) < 4.78 is 16.2. The Bertz CT molecular complexity index is 1100. The van der Waals surface area contributed by atoms with Crippen LogP contribution in [-0.4, -0.2) is 34.6 Å². The molecule has 0 saturated heterocycles. The minimum atomic E-state index is -0.574. The number of benzene rings is 2. The zero-order valence-electron chi connectivity index (χ0n) is 17.5. The molecule has 0 amide bonds. The highest BCUT2D eigenvalue weighted by Crippen LogP contribution is 2.39. The van der Waals surface area contributed by atoms with Gasteiger partial charge >= 0.3 is 11.7 Å². The molecule has 0 spiro atoms. The van der Waals surface area contributed by atoms with Crippen LogP contribution in [0, 0.1) is 16.0 Å². The number of esters is 1. The van der Waals surface area contributed by atoms with E-state index in [1.165, 1.54) is 19.2 Å². The van der Waals surface area contributed by atoms with Crippen LogP contribution in [0.4, 0.5) is 5.69 Å². The quantitative estimate of drug-likeness (QED) is 0.280. The monoisotopic (exact) mass is 425 g/mol. The Morgan fingerprint density at radius 2 is 1.74 bits per heavy atom. The van der Waals surface area contributed by atoms with Crippen molar-refractivity contribution in [1.29, 1.82) is 0 Å². The van der Waals surface area contributed by atoms with Crippen molar-refractivity contribution in [3.63, 3.8) is 0 Å². The molecule has 0 aliphatic rings. The summed E-state index contributed by atoms with van der Waals surface area (Å²) in [5.74, 6) is -0.649. The average Bonchev–Trinajstić information content (AvgIpc) is 2.77. The predicted octanol–water partition coefficient (Wildman–Crippen LogP) is 4.47. The summed E-state index contributed by atoms with van der Waals surface area (Å²) in [5.41, 5.74) is 1.29. The van der Waals surface area contributed by atoms with E-state index in [0.29, 0.717) is 23.1 Å². The van der Waals surface area contributed by atoms with E-state index < -0.39 is 10.8 Å². The van der Waals surface area contributed by atoms with Crippen LogP contribution < -0.4 is 9.47 Å². The van der Waals surface area contributed by atoms with Crippen molar-refractivity contribution in [1.82, 2.24) is 9.97 Å². The molecule has 0 N–H and O–H groups in total. The first-order chi connectivity index (χ1) is 15.0. The molecule has 0 aliphatic heterocycles. The number of nitrogens with zero attached hydrogens (tertiary/aromatic N) is 3. The van der Waals surface area contributed by atoms with E-state index in [2.05, 4.69) is 9.97 Å². The van der Waals surface area contributed by atoms with Crippen molar-refractivity contribution in [3.05, 3.63) is 58.3 Å². The molecular weight excluding hydrogens is 402 g/mol. The molecule has 3 aromatic rings. The average molecular weight is 425 g/mol. The number of aromatic nitrogens is 2. The van der Waals surface area contributed by atoms with Crippen molar-refractivity contribution in [3.8, 4) is 17.4 Å². The van der Waals surface area contributed by atoms with E-state index in [4.69, 9.17) is 14.2 Å². The number of para-hydroxylation sites is 3. The molecule has 162 valence electrons. The summed E-state index contributed by atoms with van der Waals surface area (Å²) in [5, 5.41) is 11.6. The Morgan fingerprint density at radius 3 is 2.35 bits per heavy atom. The van der Waals surface area contributed by atoms with Gasteiger partial charge in [0.1, 0.15) is 5.69 Å². The van der Waals surface area contributed by atoms with E-state index in [1.807, 2.05) is 19.1 Å². The topological polar surface area (TPSA) is 114 Å². The molecule has 9 nitrogen and oxygen atoms in total. The SMILES string of the molecule is CCOC(=O)C(CC)Cc1nc2ccccc2nc1Oc1cccc(OC)c1[N+](=O)[O-]. The largest absolute Gasteiger partial charge is 0.490 e. The Hall–Kier alpha value is -3.75. The molecule has 2 aromatic carbocycles. The molecule has 3 rings (SSSR count). The van der Waals surface area contributed by atoms with Gasteiger partial charge in [0.2, 0.25) is 17.4 Å². The zero-order chi connectivity index (χ0) is 22.4. The maximum Gasteiger partial charge on any atom is 0.353 e. The van der Waals surface area contributed by atoms with Crippen molar-refractivity contribution >= 4 is 22.7 Å². The van der Waals surface area contributed by atoms with E-state index in [0.717, 1.165) is 0 Å². The fourth-order valence-electron chi connectivity index (χ4n) is 3.16. The molecule has 9 heteroatoms. The van der Waals surface area contributed by atoms with Gasteiger partial charge in [0.05, 0.1) is 35.6 Å². The molecule has 1 aromatic heterocycles. The molecule has 0 aliphatic carbocycles. The number of fused-ring (bicyclic) bond motifs is 1. The van der Waals surface area contributed by atoms with Crippen LogP contribution in [0.5, 0.6) is 17.4 Å². The first-order valence-corrected chi connectivity index (χ1v) is 9.90. The highest BCUT2D eigenvalue weighted by Gasteiger charge is 2.26. The van der Waals surface area contributed by atoms with Gasteiger partial charge in [-0.1, -0.05) is 25.1 Å². The number of nitro groups is 1. The minimum absolute atomic E-state index is 0.0284. The number of hydrogen-bond acceptors (Lipinski definition) is 8. The van der Waals surface area contributed by atoms with Gasteiger partial charge in [-0.2, -0.15) is 0 Å². The third kappa shape index (κ3) is 4.88. The summed E-state index contributed by atoms with van der Waals surface area (Å²) >= 11 is 0. The summed E-state index contributed by atoms with van der Waals surface area (Å²) in [7, 11) is 1.35. The normalized spacial score (nSPS) is 11.7. The predicted molar refractivity (Wildman–Crippen MR) is 113 cm³/mol. The van der Waals surface area contributed by atoms with E-state index in [1.54, 1.807) is 25.1 Å². The second-order valence-corrected chi connectivity index (χ2v) is 6.69. The summed E-state index contributed by atoms with van der Waals surface area (Å²) in [4.78, 5) is 32.5. The number of ether oxygens (including phenoxy) is 3. The number of carbonyl (C=O) groups is 1. The van der Waals surface area contributed by atoms with Crippen LogP contribution >= 0.6 is 0 Å². The first-order valence-electron chi connectivity index (χ1n) is 9.90. The second kappa shape index (κ2) is 9.84. The highest BCUT2D eigenvalue weighted by molar-refractivity contribution is 5.76. The van der Waals surface area contributed by atoms with Gasteiger partial charge < -0.3 is 14.2 Å². The Kier molecular flexibility index (Phi) is 6.96. The van der Waals surface area contributed by atoms with Crippen LogP contribution in [0.3, 0.4) is 0 Å². The molecule has 0 fully saturated rings. The lowest BCUT2D eigenvalue weighted by Gasteiger charge is -2.16. The van der Waals surface area contributed by atoms with Crippen LogP contribution in [0.25, 0.3) is 11.0 Å². The summed E-state index contributed by atoms with van der Waals surface area (Å²) in [6.45, 7) is 3.90. The third-order valence-electron chi connectivity index (χ3n) is 4.73. The molecule has 1 atom stereocenters. The Balaban J connectivity index is 2.08. The van der Waals surface area contributed by atoms with Gasteiger partial charge in [0, 0.05) is 6.42 Å². The number of hydrogen-bond donors (Lipinski definition) is 0. The lowest BCUT2D eigenvalue weighted by atomic mass is 10.0. The molecular formula is C22H23N3O6. The van der Waals surface area contributed by atoms with Gasteiger partial charge in [0.25, 0.3) is 0 Å². The van der Waals surface area contributed by atoms with Crippen LogP contribution in [0.15, 0.2) is 42.5 Å². The van der Waals surface area contributed by atoms with Gasteiger partial charge in [-0.05, 0) is 37.6 Å². The van der Waals surface area contributed by atoms with Gasteiger partial charge in [-0.15, -0.1) is 0 Å². The zero-order valence-corrected chi connectivity index (χ0v) is 17.5. The number of methoxy groups -OCH3 is 1. The maximum absolute atomic E-state index is 12.3. The van der Waals surface area contributed by atoms with E-state index >= 15 is 0 Å². The number of carbonyl (C=O) groups excluding carboxylic acids is 1. The van der Waals surface area contributed by atoms with Crippen molar-refractivity contribution in [2.24, 2.45) is 5.92 Å². The molecule has 1 unspecified atom stereocenters. The molecule has 0 saturated carbocycles. The van der Waals surface area contributed by atoms with Gasteiger partial charge in [0.15, 0.2) is 0 Å². The van der Waals surface area contributed by atoms with Crippen molar-refractivity contribution < 1.29 is 23.9 Å². The molecule has 1 heterocycles.